The second-order valence-electron chi connectivity index (χ2n) is 2.69. The Balaban J connectivity index is 3.12. The molecule has 0 aromatic rings. The van der Waals surface area contributed by atoms with E-state index in [1.807, 2.05) is 0 Å². The molecule has 0 bridgehead atoms. The fourth-order valence-corrected chi connectivity index (χ4v) is 0.853. The average Bonchev–Trinajstić information content (AvgIpc) is 2.14. The second kappa shape index (κ2) is 9.03. The van der Waals surface area contributed by atoms with Crippen molar-refractivity contribution in [3.63, 3.8) is 0 Å². The van der Waals surface area contributed by atoms with E-state index in [0.29, 0.717) is 6.61 Å². The van der Waals surface area contributed by atoms with Crippen molar-refractivity contribution in [3.05, 3.63) is 0 Å². The summed E-state index contributed by atoms with van der Waals surface area (Å²) < 4.78 is 4.76. The van der Waals surface area contributed by atoms with E-state index in [0.717, 1.165) is 25.7 Å². The summed E-state index contributed by atoms with van der Waals surface area (Å²) >= 11 is 0. The van der Waals surface area contributed by atoms with Gasteiger partial charge >= 0.3 is 6.09 Å². The Morgan fingerprint density at radius 1 is 1.38 bits per heavy atom. The van der Waals surface area contributed by atoms with E-state index in [1.165, 1.54) is 0 Å². The molecule has 4 nitrogen and oxygen atoms in total. The van der Waals surface area contributed by atoms with Crippen LogP contribution in [0, 0.1) is 0 Å². The minimum absolute atomic E-state index is 0.103. The van der Waals surface area contributed by atoms with Crippen LogP contribution >= 0.6 is 0 Å². The molecular formula is C9H16NO3. The molecule has 1 N–H and O–H groups in total. The first-order valence-corrected chi connectivity index (χ1v) is 4.57. The number of carbonyl (C=O) groups is 1. The summed E-state index contributed by atoms with van der Waals surface area (Å²) in [5, 5.41) is 2.24. The highest BCUT2D eigenvalue weighted by atomic mass is 16.5. The Morgan fingerprint density at radius 2 is 2.15 bits per heavy atom. The minimum Gasteiger partial charge on any atom is -0.450 e. The van der Waals surface area contributed by atoms with Crippen molar-refractivity contribution in [1.29, 1.82) is 0 Å². The summed E-state index contributed by atoms with van der Waals surface area (Å²) in [5.41, 5.74) is 0. The Hall–Kier alpha value is -1.06. The highest BCUT2D eigenvalue weighted by Gasteiger charge is 1.98. The molecular weight excluding hydrogens is 170 g/mol. The molecule has 0 aromatic carbocycles. The largest absolute Gasteiger partial charge is 0.450 e. The summed E-state index contributed by atoms with van der Waals surface area (Å²) in [6, 6.07) is 0. The lowest BCUT2D eigenvalue weighted by Gasteiger charge is -2.03. The van der Waals surface area contributed by atoms with Gasteiger partial charge in [0.1, 0.15) is 0 Å². The molecule has 0 atom stereocenters. The summed E-state index contributed by atoms with van der Waals surface area (Å²) in [6.07, 6.45) is 5.28. The molecule has 4 heteroatoms. The van der Waals surface area contributed by atoms with Gasteiger partial charge in [0.25, 0.3) is 0 Å². The molecule has 13 heavy (non-hydrogen) atoms. The van der Waals surface area contributed by atoms with Gasteiger partial charge in [-0.2, -0.15) is 0 Å². The summed E-state index contributed by atoms with van der Waals surface area (Å²) in [7, 11) is 0. The maximum absolute atomic E-state index is 10.7. The van der Waals surface area contributed by atoms with Gasteiger partial charge in [-0.3, -0.25) is 4.79 Å². The van der Waals surface area contributed by atoms with Crippen LogP contribution in [0.15, 0.2) is 0 Å². The third-order valence-electron chi connectivity index (χ3n) is 1.54. The van der Waals surface area contributed by atoms with Gasteiger partial charge in [-0.05, 0) is 6.42 Å². The lowest BCUT2D eigenvalue weighted by molar-refractivity contribution is 0.145. The quantitative estimate of drug-likeness (QED) is 0.611. The predicted octanol–water partition coefficient (Wildman–Crippen LogP) is 1.40. The zero-order valence-corrected chi connectivity index (χ0v) is 7.97. The molecule has 0 aliphatic heterocycles. The van der Waals surface area contributed by atoms with Crippen LogP contribution in [0.4, 0.5) is 4.79 Å². The molecule has 1 amide bonds. The summed E-state index contributed by atoms with van der Waals surface area (Å²) in [5.74, 6) is 0. The van der Waals surface area contributed by atoms with Crippen LogP contribution in [0.2, 0.25) is 0 Å². The van der Waals surface area contributed by atoms with E-state index < -0.39 is 6.09 Å². The molecule has 0 spiro atoms. The molecule has 0 saturated heterocycles. The number of nitrogens with one attached hydrogen (secondary N) is 1. The van der Waals surface area contributed by atoms with Crippen LogP contribution in [-0.4, -0.2) is 25.5 Å². The van der Waals surface area contributed by atoms with Crippen LogP contribution < -0.4 is 5.32 Å². The van der Waals surface area contributed by atoms with Gasteiger partial charge in [-0.1, -0.05) is 26.2 Å². The minimum atomic E-state index is -0.542. The molecule has 0 fully saturated rings. The highest BCUT2D eigenvalue weighted by Crippen LogP contribution is 1.98. The molecule has 0 rings (SSSR count). The number of unbranched alkanes of at least 4 members (excludes halogenated alkanes) is 3. The van der Waals surface area contributed by atoms with Crippen molar-refractivity contribution in [1.82, 2.24) is 5.32 Å². The van der Waals surface area contributed by atoms with Gasteiger partial charge in [0.15, 0.2) is 0 Å². The highest BCUT2D eigenvalue weighted by molar-refractivity contribution is 5.70. The van der Waals surface area contributed by atoms with Crippen molar-refractivity contribution in [2.45, 2.75) is 32.6 Å². The van der Waals surface area contributed by atoms with Gasteiger partial charge in [0.2, 0.25) is 6.29 Å². The predicted molar refractivity (Wildman–Crippen MR) is 49.2 cm³/mol. The zero-order chi connectivity index (χ0) is 9.94. The third kappa shape index (κ3) is 8.85. The first-order valence-electron chi connectivity index (χ1n) is 4.57. The molecule has 0 unspecified atom stereocenters. The van der Waals surface area contributed by atoms with E-state index in [4.69, 9.17) is 4.74 Å². The van der Waals surface area contributed by atoms with Crippen LogP contribution in [0.25, 0.3) is 0 Å². The first kappa shape index (κ1) is 11.9. The molecule has 0 aliphatic rings. The normalized spacial score (nSPS) is 9.31. The number of hydrogen-bond acceptors (Lipinski definition) is 3. The van der Waals surface area contributed by atoms with E-state index >= 15 is 0 Å². The molecule has 75 valence electrons. The van der Waals surface area contributed by atoms with Gasteiger partial charge in [-0.15, -0.1) is 0 Å². The number of carbonyl (C=O) groups excluding carboxylic acids is 2. The average molecular weight is 186 g/mol. The smallest absolute Gasteiger partial charge is 0.407 e. The van der Waals surface area contributed by atoms with Gasteiger partial charge in [0, 0.05) is 0 Å². The van der Waals surface area contributed by atoms with Crippen molar-refractivity contribution in [2.75, 3.05) is 13.2 Å². The van der Waals surface area contributed by atoms with E-state index in [2.05, 4.69) is 12.2 Å². The Bertz CT molecular complexity index is 148. The van der Waals surface area contributed by atoms with Crippen LogP contribution in [-0.2, 0) is 9.53 Å². The molecule has 0 aliphatic carbocycles. The summed E-state index contributed by atoms with van der Waals surface area (Å²) in [6.45, 7) is 2.44. The van der Waals surface area contributed by atoms with E-state index in [9.17, 15) is 9.59 Å². The zero-order valence-electron chi connectivity index (χ0n) is 7.97. The number of alkyl carbamates (subject to hydrolysis) is 1. The Labute approximate surface area is 78.6 Å². The van der Waals surface area contributed by atoms with Crippen molar-refractivity contribution in [2.24, 2.45) is 0 Å². The lowest BCUT2D eigenvalue weighted by atomic mass is 10.2. The molecule has 1 radical (unpaired) electrons. The first-order chi connectivity index (χ1) is 6.31. The SMILES string of the molecule is CCCCCCOC(=O)NC[C]=O. The van der Waals surface area contributed by atoms with Crippen molar-refractivity contribution >= 4 is 12.4 Å². The van der Waals surface area contributed by atoms with Gasteiger partial charge in [0.05, 0.1) is 13.2 Å². The topological polar surface area (TPSA) is 55.4 Å². The Kier molecular flexibility index (Phi) is 8.30. The van der Waals surface area contributed by atoms with E-state index in [-0.39, 0.29) is 6.54 Å². The third-order valence-corrected chi connectivity index (χ3v) is 1.54. The number of rotatable bonds is 7. The molecule has 0 aromatic heterocycles. The molecule has 0 saturated carbocycles. The molecule has 0 heterocycles. The van der Waals surface area contributed by atoms with Gasteiger partial charge < -0.3 is 10.1 Å². The number of ether oxygens (including phenoxy) is 1. The van der Waals surface area contributed by atoms with Crippen LogP contribution in [0.5, 0.6) is 0 Å². The van der Waals surface area contributed by atoms with Gasteiger partial charge in [-0.25, -0.2) is 4.79 Å². The Morgan fingerprint density at radius 3 is 2.77 bits per heavy atom. The maximum Gasteiger partial charge on any atom is 0.407 e. The fourth-order valence-electron chi connectivity index (χ4n) is 0.853. The number of hydrogen-bond donors (Lipinski definition) is 1. The van der Waals surface area contributed by atoms with Crippen molar-refractivity contribution < 1.29 is 14.3 Å². The van der Waals surface area contributed by atoms with Crippen molar-refractivity contribution in [3.8, 4) is 0 Å². The standard InChI is InChI=1S/C9H16NO3/c1-2-3-4-5-8-13-9(12)10-6-7-11/h2-6,8H2,1H3,(H,10,12). The monoisotopic (exact) mass is 186 g/mol. The number of amides is 1. The summed E-state index contributed by atoms with van der Waals surface area (Å²) in [4.78, 5) is 20.5. The maximum atomic E-state index is 10.7. The lowest BCUT2D eigenvalue weighted by Crippen LogP contribution is -2.26. The fraction of sp³-hybridized carbons (Fsp3) is 0.778. The van der Waals surface area contributed by atoms with Crippen LogP contribution in [0.3, 0.4) is 0 Å². The second-order valence-corrected chi connectivity index (χ2v) is 2.69. The van der Waals surface area contributed by atoms with E-state index in [1.54, 1.807) is 6.29 Å². The van der Waals surface area contributed by atoms with Crippen LogP contribution in [0.1, 0.15) is 32.6 Å².